The predicted molar refractivity (Wildman–Crippen MR) is 147 cm³/mol. The molecule has 3 aromatic rings. The highest BCUT2D eigenvalue weighted by Crippen LogP contribution is 2.33. The molecule has 0 unspecified atom stereocenters. The number of ether oxygens (including phenoxy) is 1. The number of sulfonamides is 1. The Bertz CT molecular complexity index is 1350. The number of aliphatic hydroxyl groups is 1. The molecule has 2 aliphatic heterocycles. The van der Waals surface area contributed by atoms with Gasteiger partial charge in [0, 0.05) is 51.1 Å². The molecule has 9 nitrogen and oxygen atoms in total. The summed E-state index contributed by atoms with van der Waals surface area (Å²) in [6.45, 7) is 5.23. The summed E-state index contributed by atoms with van der Waals surface area (Å²) in [6.07, 6.45) is 8.86. The van der Waals surface area contributed by atoms with E-state index in [0.29, 0.717) is 37.2 Å². The SMILES string of the molecule is CCCc1cnc(N2CC(COc3nc4ccc(C5=CCN(S(=O)(=O)CCCO)CC5)cc4s3)C2)nc1. The average Bonchev–Trinajstić information content (AvgIpc) is 3.30. The molecule has 2 aromatic heterocycles. The lowest BCUT2D eigenvalue weighted by molar-refractivity contribution is 0.219. The number of benzene rings is 1. The molecular formula is C26H33N5O4S2. The number of anilines is 1. The van der Waals surface area contributed by atoms with Gasteiger partial charge in [-0.25, -0.2) is 23.4 Å². The Hall–Kier alpha value is -2.60. The number of thiazole rings is 1. The molecule has 0 atom stereocenters. The highest BCUT2D eigenvalue weighted by Gasteiger charge is 2.29. The number of nitrogens with zero attached hydrogens (tertiary/aromatic N) is 5. The zero-order valence-corrected chi connectivity index (χ0v) is 22.7. The zero-order valence-electron chi connectivity index (χ0n) is 21.0. The average molecular weight is 544 g/mol. The van der Waals surface area contributed by atoms with Crippen molar-refractivity contribution in [2.45, 2.75) is 32.6 Å². The summed E-state index contributed by atoms with van der Waals surface area (Å²) in [6, 6.07) is 6.17. The highest BCUT2D eigenvalue weighted by atomic mass is 32.2. The van der Waals surface area contributed by atoms with Crippen molar-refractivity contribution in [2.24, 2.45) is 5.92 Å². The molecule has 0 radical (unpaired) electrons. The molecule has 37 heavy (non-hydrogen) atoms. The summed E-state index contributed by atoms with van der Waals surface area (Å²) in [5.74, 6) is 1.19. The van der Waals surface area contributed by atoms with E-state index in [4.69, 9.17) is 9.84 Å². The molecule has 198 valence electrons. The summed E-state index contributed by atoms with van der Waals surface area (Å²) < 4.78 is 33.4. The van der Waals surface area contributed by atoms with E-state index in [1.54, 1.807) is 11.3 Å². The van der Waals surface area contributed by atoms with Gasteiger partial charge in [0.05, 0.1) is 22.6 Å². The Morgan fingerprint density at radius 3 is 2.73 bits per heavy atom. The summed E-state index contributed by atoms with van der Waals surface area (Å²) in [5, 5.41) is 9.61. The fourth-order valence-corrected chi connectivity index (χ4v) is 6.95. The molecule has 0 amide bonds. The summed E-state index contributed by atoms with van der Waals surface area (Å²) in [5.41, 5.74) is 4.32. The lowest BCUT2D eigenvalue weighted by Crippen LogP contribution is -2.50. The third-order valence-electron chi connectivity index (χ3n) is 6.78. The number of rotatable bonds is 11. The zero-order chi connectivity index (χ0) is 25.8. The third-order valence-corrected chi connectivity index (χ3v) is 9.63. The van der Waals surface area contributed by atoms with Crippen LogP contribution in [0.15, 0.2) is 36.7 Å². The summed E-state index contributed by atoms with van der Waals surface area (Å²) in [7, 11) is -3.32. The first-order valence-corrected chi connectivity index (χ1v) is 15.2. The van der Waals surface area contributed by atoms with Crippen LogP contribution in [0, 0.1) is 5.92 Å². The van der Waals surface area contributed by atoms with Crippen molar-refractivity contribution in [2.75, 3.05) is 50.0 Å². The quantitative estimate of drug-likeness (QED) is 0.392. The van der Waals surface area contributed by atoms with Crippen molar-refractivity contribution in [1.29, 1.82) is 0 Å². The van der Waals surface area contributed by atoms with Crippen LogP contribution in [0.3, 0.4) is 0 Å². The second-order valence-corrected chi connectivity index (χ2v) is 12.7. The molecule has 1 saturated heterocycles. The van der Waals surface area contributed by atoms with Crippen LogP contribution in [-0.4, -0.2) is 77.9 Å². The first-order valence-electron chi connectivity index (χ1n) is 12.8. The van der Waals surface area contributed by atoms with Crippen LogP contribution in [0.25, 0.3) is 15.8 Å². The third kappa shape index (κ3) is 6.11. The Morgan fingerprint density at radius 1 is 1.22 bits per heavy atom. The van der Waals surface area contributed by atoms with Gasteiger partial charge in [-0.1, -0.05) is 36.8 Å². The van der Waals surface area contributed by atoms with Gasteiger partial charge >= 0.3 is 0 Å². The molecule has 0 bridgehead atoms. The molecule has 4 heterocycles. The highest BCUT2D eigenvalue weighted by molar-refractivity contribution is 7.89. The van der Waals surface area contributed by atoms with Crippen LogP contribution < -0.4 is 9.64 Å². The summed E-state index contributed by atoms with van der Waals surface area (Å²) >= 11 is 1.54. The van der Waals surface area contributed by atoms with Gasteiger partial charge in [0.25, 0.3) is 5.19 Å². The second kappa shape index (κ2) is 11.4. The molecule has 11 heteroatoms. The van der Waals surface area contributed by atoms with Gasteiger partial charge in [0.1, 0.15) is 0 Å². The van der Waals surface area contributed by atoms with E-state index < -0.39 is 10.0 Å². The summed E-state index contributed by atoms with van der Waals surface area (Å²) in [4.78, 5) is 15.8. The molecule has 2 aliphatic rings. The van der Waals surface area contributed by atoms with E-state index in [1.165, 1.54) is 9.87 Å². The van der Waals surface area contributed by atoms with Crippen LogP contribution in [-0.2, 0) is 16.4 Å². The van der Waals surface area contributed by atoms with Crippen molar-refractivity contribution in [3.05, 3.63) is 47.8 Å². The Morgan fingerprint density at radius 2 is 2.03 bits per heavy atom. The number of aromatic nitrogens is 3. The van der Waals surface area contributed by atoms with E-state index in [9.17, 15) is 8.42 Å². The van der Waals surface area contributed by atoms with Gasteiger partial charge in [0.2, 0.25) is 16.0 Å². The van der Waals surface area contributed by atoms with Crippen molar-refractivity contribution in [3.63, 3.8) is 0 Å². The van der Waals surface area contributed by atoms with Gasteiger partial charge < -0.3 is 14.7 Å². The lowest BCUT2D eigenvalue weighted by atomic mass is 10.0. The van der Waals surface area contributed by atoms with E-state index in [-0.39, 0.29) is 18.8 Å². The number of aryl methyl sites for hydroxylation is 1. The molecule has 1 aromatic carbocycles. The van der Waals surface area contributed by atoms with Crippen molar-refractivity contribution < 1.29 is 18.3 Å². The molecular weight excluding hydrogens is 510 g/mol. The van der Waals surface area contributed by atoms with Gasteiger partial charge in [0.15, 0.2) is 0 Å². The largest absolute Gasteiger partial charge is 0.470 e. The lowest BCUT2D eigenvalue weighted by Gasteiger charge is -2.38. The molecule has 1 fully saturated rings. The smallest absolute Gasteiger partial charge is 0.274 e. The van der Waals surface area contributed by atoms with Crippen molar-refractivity contribution >= 4 is 43.1 Å². The van der Waals surface area contributed by atoms with Gasteiger partial charge in [-0.2, -0.15) is 4.31 Å². The van der Waals surface area contributed by atoms with Crippen LogP contribution in [0.4, 0.5) is 5.95 Å². The van der Waals surface area contributed by atoms with E-state index >= 15 is 0 Å². The van der Waals surface area contributed by atoms with Gasteiger partial charge in [-0.05, 0) is 48.1 Å². The predicted octanol–water partition coefficient (Wildman–Crippen LogP) is 3.36. The normalized spacial score (nSPS) is 17.1. The first kappa shape index (κ1) is 26.0. The maximum Gasteiger partial charge on any atom is 0.274 e. The minimum absolute atomic E-state index is 0.0128. The van der Waals surface area contributed by atoms with Crippen molar-refractivity contribution in [1.82, 2.24) is 19.3 Å². The monoisotopic (exact) mass is 543 g/mol. The number of hydrogen-bond donors (Lipinski definition) is 1. The van der Waals surface area contributed by atoms with Gasteiger partial charge in [-0.3, -0.25) is 0 Å². The van der Waals surface area contributed by atoms with E-state index in [2.05, 4.69) is 32.8 Å². The fourth-order valence-electron chi connectivity index (χ4n) is 4.66. The first-order chi connectivity index (χ1) is 17.9. The fraction of sp³-hybridized carbons (Fsp3) is 0.500. The maximum atomic E-state index is 12.4. The van der Waals surface area contributed by atoms with Crippen LogP contribution in [0.1, 0.15) is 37.3 Å². The number of aliphatic hydroxyl groups excluding tert-OH is 1. The van der Waals surface area contributed by atoms with Crippen molar-refractivity contribution in [3.8, 4) is 5.19 Å². The molecule has 0 spiro atoms. The Balaban J connectivity index is 1.14. The number of fused-ring (bicyclic) bond motifs is 1. The topological polar surface area (TPSA) is 109 Å². The molecule has 5 rings (SSSR count). The van der Waals surface area contributed by atoms with Gasteiger partial charge in [-0.15, -0.1) is 0 Å². The van der Waals surface area contributed by atoms with Crippen LogP contribution >= 0.6 is 11.3 Å². The Labute approximate surface area is 221 Å². The van der Waals surface area contributed by atoms with Crippen LogP contribution in [0.2, 0.25) is 0 Å². The standard InChI is InChI=1S/C26H33N5O4S2/c1-2-4-19-14-27-25(28-15-19)30-16-20(17-30)18-35-26-29-23-6-5-22(13-24(23)36-26)21-7-9-31(10-8-21)37(33,34)12-3-11-32/h5-7,13-15,20,32H,2-4,8-12,16-18H2,1H3. The van der Waals surface area contributed by atoms with E-state index in [0.717, 1.165) is 53.2 Å². The number of hydrogen-bond acceptors (Lipinski definition) is 9. The molecule has 0 saturated carbocycles. The molecule has 1 N–H and O–H groups in total. The van der Waals surface area contributed by atoms with E-state index in [1.807, 2.05) is 30.6 Å². The molecule has 0 aliphatic carbocycles. The van der Waals surface area contributed by atoms with Crippen LogP contribution in [0.5, 0.6) is 5.19 Å². The Kier molecular flexibility index (Phi) is 8.04. The second-order valence-electron chi connectivity index (χ2n) is 9.62. The maximum absolute atomic E-state index is 12.4. The minimum atomic E-state index is -3.32. The minimum Gasteiger partial charge on any atom is -0.470 e.